The van der Waals surface area contributed by atoms with Crippen LogP contribution in [-0.2, 0) is 21.2 Å². The van der Waals surface area contributed by atoms with Gasteiger partial charge >= 0.3 is 0 Å². The lowest BCUT2D eigenvalue weighted by Gasteiger charge is -2.09. The fourth-order valence-electron chi connectivity index (χ4n) is 1.97. The number of nitrogens with two attached hydrogens (primary N) is 1. The molecular weight excluding hydrogens is 252 g/mol. The van der Waals surface area contributed by atoms with Crippen LogP contribution >= 0.6 is 0 Å². The van der Waals surface area contributed by atoms with E-state index >= 15 is 0 Å². The predicted molar refractivity (Wildman–Crippen MR) is 69.7 cm³/mol. The molecule has 1 unspecified atom stereocenters. The van der Waals surface area contributed by atoms with Crippen molar-refractivity contribution in [2.45, 2.75) is 13.0 Å². The lowest BCUT2D eigenvalue weighted by Crippen LogP contribution is -2.23. The highest BCUT2D eigenvalue weighted by molar-refractivity contribution is 7.91. The lowest BCUT2D eigenvalue weighted by atomic mass is 10.1. The van der Waals surface area contributed by atoms with Gasteiger partial charge in [-0.25, -0.2) is 8.42 Å². The summed E-state index contributed by atoms with van der Waals surface area (Å²) < 4.78 is 22.6. The molecule has 18 heavy (non-hydrogen) atoms. The van der Waals surface area contributed by atoms with Crippen molar-refractivity contribution in [1.29, 1.82) is 0 Å². The van der Waals surface area contributed by atoms with E-state index in [9.17, 15) is 13.2 Å². The maximum absolute atomic E-state index is 11.9. The van der Waals surface area contributed by atoms with Crippen LogP contribution in [0.5, 0.6) is 0 Å². The van der Waals surface area contributed by atoms with Crippen molar-refractivity contribution in [2.24, 2.45) is 11.7 Å². The normalized spacial score (nSPS) is 21.7. The van der Waals surface area contributed by atoms with Crippen LogP contribution in [0.1, 0.15) is 12.0 Å². The van der Waals surface area contributed by atoms with Crippen molar-refractivity contribution < 1.29 is 13.2 Å². The summed E-state index contributed by atoms with van der Waals surface area (Å²) in [6.45, 7) is 0.453. The molecule has 1 aromatic rings. The van der Waals surface area contributed by atoms with Crippen LogP contribution in [0.25, 0.3) is 0 Å². The number of benzene rings is 1. The van der Waals surface area contributed by atoms with Gasteiger partial charge in [0, 0.05) is 12.2 Å². The van der Waals surface area contributed by atoms with Crippen LogP contribution < -0.4 is 11.1 Å². The highest BCUT2D eigenvalue weighted by Crippen LogP contribution is 2.20. The molecule has 3 N–H and O–H groups in total. The molecule has 1 fully saturated rings. The number of carbonyl (C=O) groups is 1. The molecule has 0 radical (unpaired) electrons. The molecule has 5 nitrogen and oxygen atoms in total. The van der Waals surface area contributed by atoms with Crippen molar-refractivity contribution in [3.8, 4) is 0 Å². The molecule has 2 rings (SSSR count). The van der Waals surface area contributed by atoms with Gasteiger partial charge < -0.3 is 11.1 Å². The molecule has 1 aromatic carbocycles. The van der Waals surface area contributed by atoms with Crippen LogP contribution in [0, 0.1) is 5.92 Å². The summed E-state index contributed by atoms with van der Waals surface area (Å²) in [6.07, 6.45) is 0.412. The zero-order valence-corrected chi connectivity index (χ0v) is 10.7. The lowest BCUT2D eigenvalue weighted by molar-refractivity contribution is -0.119. The number of hydrogen-bond acceptors (Lipinski definition) is 4. The monoisotopic (exact) mass is 268 g/mol. The summed E-state index contributed by atoms with van der Waals surface area (Å²) >= 11 is 0. The van der Waals surface area contributed by atoms with Crippen molar-refractivity contribution >= 4 is 21.4 Å². The third kappa shape index (κ3) is 3.08. The topological polar surface area (TPSA) is 89.3 Å². The Morgan fingerprint density at radius 1 is 1.33 bits per heavy atom. The molecule has 0 bridgehead atoms. The second kappa shape index (κ2) is 5.07. The van der Waals surface area contributed by atoms with E-state index in [2.05, 4.69) is 5.32 Å². The van der Waals surface area contributed by atoms with Crippen LogP contribution in [-0.4, -0.2) is 25.8 Å². The van der Waals surface area contributed by atoms with Gasteiger partial charge in [0.05, 0.1) is 17.4 Å². The van der Waals surface area contributed by atoms with E-state index < -0.39 is 15.8 Å². The smallest absolute Gasteiger partial charge is 0.228 e. The summed E-state index contributed by atoms with van der Waals surface area (Å²) in [5.41, 5.74) is 7.13. The molecule has 6 heteroatoms. The maximum atomic E-state index is 11.9. The molecule has 0 aliphatic carbocycles. The number of amides is 1. The number of nitrogens with one attached hydrogen (secondary N) is 1. The zero-order chi connectivity index (χ0) is 13.2. The summed E-state index contributed by atoms with van der Waals surface area (Å²) in [6, 6.07) is 7.20. The third-order valence-corrected chi connectivity index (χ3v) is 4.83. The van der Waals surface area contributed by atoms with Crippen LogP contribution in [0.3, 0.4) is 0 Å². The predicted octanol–water partition coefficient (Wildman–Crippen LogP) is 0.518. The Morgan fingerprint density at radius 3 is 2.50 bits per heavy atom. The number of sulfone groups is 1. The Kier molecular flexibility index (Phi) is 3.68. The second-order valence-corrected chi connectivity index (χ2v) is 6.72. The molecule has 1 heterocycles. The highest BCUT2D eigenvalue weighted by atomic mass is 32.2. The van der Waals surface area contributed by atoms with Gasteiger partial charge in [0.1, 0.15) is 0 Å². The molecule has 1 aliphatic heterocycles. The second-order valence-electron chi connectivity index (χ2n) is 4.49. The van der Waals surface area contributed by atoms with Crippen LogP contribution in [0.4, 0.5) is 5.69 Å². The number of carbonyl (C=O) groups excluding carboxylic acids is 1. The SMILES string of the molecule is NCc1ccc(NC(=O)C2CCS(=O)(=O)C2)cc1. The van der Waals surface area contributed by atoms with Gasteiger partial charge in [0.2, 0.25) is 5.91 Å². The van der Waals surface area contributed by atoms with Crippen molar-refractivity contribution in [3.05, 3.63) is 29.8 Å². The Balaban J connectivity index is 1.99. The molecule has 1 saturated heterocycles. The molecule has 0 aromatic heterocycles. The Hall–Kier alpha value is -1.40. The van der Waals surface area contributed by atoms with E-state index in [1.165, 1.54) is 0 Å². The van der Waals surface area contributed by atoms with E-state index in [-0.39, 0.29) is 17.4 Å². The Labute approximate surface area is 106 Å². The maximum Gasteiger partial charge on any atom is 0.228 e. The van der Waals surface area contributed by atoms with Crippen molar-refractivity contribution in [2.75, 3.05) is 16.8 Å². The zero-order valence-electron chi connectivity index (χ0n) is 9.93. The molecule has 1 aliphatic rings. The fraction of sp³-hybridized carbons (Fsp3) is 0.417. The van der Waals surface area contributed by atoms with Gasteiger partial charge in [0.15, 0.2) is 9.84 Å². The van der Waals surface area contributed by atoms with Crippen LogP contribution in [0.15, 0.2) is 24.3 Å². The number of rotatable bonds is 3. The van der Waals surface area contributed by atoms with Crippen LogP contribution in [0.2, 0.25) is 0 Å². The summed E-state index contributed by atoms with van der Waals surface area (Å²) in [5.74, 6) is -0.586. The summed E-state index contributed by atoms with van der Waals surface area (Å²) in [4.78, 5) is 11.9. The first-order chi connectivity index (χ1) is 8.50. The Morgan fingerprint density at radius 2 is 2.00 bits per heavy atom. The van der Waals surface area contributed by atoms with Gasteiger partial charge in [-0.3, -0.25) is 4.79 Å². The van der Waals surface area contributed by atoms with Crippen molar-refractivity contribution in [1.82, 2.24) is 0 Å². The molecule has 98 valence electrons. The quantitative estimate of drug-likeness (QED) is 0.836. The summed E-state index contributed by atoms with van der Waals surface area (Å²) in [7, 11) is -3.02. The molecular formula is C12H16N2O3S. The van der Waals surface area contributed by atoms with Gasteiger partial charge in [0.25, 0.3) is 0 Å². The summed E-state index contributed by atoms with van der Waals surface area (Å²) in [5, 5.41) is 2.73. The number of anilines is 1. The fourth-order valence-corrected chi connectivity index (χ4v) is 3.71. The van der Waals surface area contributed by atoms with E-state index in [4.69, 9.17) is 5.73 Å². The first kappa shape index (κ1) is 13.0. The Bertz CT molecular complexity index is 537. The first-order valence-electron chi connectivity index (χ1n) is 5.80. The van der Waals surface area contributed by atoms with E-state index in [0.717, 1.165) is 5.56 Å². The van der Waals surface area contributed by atoms with Gasteiger partial charge in [-0.2, -0.15) is 0 Å². The minimum absolute atomic E-state index is 0.0419. The average molecular weight is 268 g/mol. The molecule has 1 atom stereocenters. The van der Waals surface area contributed by atoms with E-state index in [0.29, 0.717) is 18.7 Å². The minimum atomic E-state index is -3.02. The third-order valence-electron chi connectivity index (χ3n) is 3.06. The largest absolute Gasteiger partial charge is 0.326 e. The highest BCUT2D eigenvalue weighted by Gasteiger charge is 2.32. The molecule has 0 spiro atoms. The van der Waals surface area contributed by atoms with Crippen molar-refractivity contribution in [3.63, 3.8) is 0 Å². The first-order valence-corrected chi connectivity index (χ1v) is 7.62. The van der Waals surface area contributed by atoms with Gasteiger partial charge in [-0.1, -0.05) is 12.1 Å². The van der Waals surface area contributed by atoms with E-state index in [1.54, 1.807) is 12.1 Å². The van der Waals surface area contributed by atoms with Gasteiger partial charge in [-0.05, 0) is 24.1 Å². The number of hydrogen-bond donors (Lipinski definition) is 2. The van der Waals surface area contributed by atoms with Gasteiger partial charge in [-0.15, -0.1) is 0 Å². The molecule has 0 saturated carbocycles. The standard InChI is InChI=1S/C12H16N2O3S/c13-7-9-1-3-11(4-2-9)14-12(15)10-5-6-18(16,17)8-10/h1-4,10H,5-8,13H2,(H,14,15). The van der Waals surface area contributed by atoms with E-state index in [1.807, 2.05) is 12.1 Å². The molecule has 1 amide bonds. The average Bonchev–Trinajstić information content (AvgIpc) is 2.71. The minimum Gasteiger partial charge on any atom is -0.326 e.